The fourth-order valence-corrected chi connectivity index (χ4v) is 4.02. The van der Waals surface area contributed by atoms with Gasteiger partial charge in [-0.05, 0) is 46.1 Å². The predicted octanol–water partition coefficient (Wildman–Crippen LogP) is 1.82. The number of hydrogen-bond donors (Lipinski definition) is 1. The predicted molar refractivity (Wildman–Crippen MR) is 135 cm³/mol. The number of rotatable bonds is 8. The Labute approximate surface area is 215 Å². The number of nitrogens with one attached hydrogen (secondary N) is 1. The number of likely N-dealkylation sites (tertiary alicyclic amines) is 1. The van der Waals surface area contributed by atoms with Crippen LogP contribution in [-0.2, 0) is 32.2 Å². The van der Waals surface area contributed by atoms with Gasteiger partial charge in [0.15, 0.2) is 0 Å². The summed E-state index contributed by atoms with van der Waals surface area (Å²) < 4.78 is 12.0. The van der Waals surface area contributed by atoms with Crippen LogP contribution in [0, 0.1) is 6.92 Å². The highest BCUT2D eigenvalue weighted by Crippen LogP contribution is 2.22. The quantitative estimate of drug-likeness (QED) is 0.532. The summed E-state index contributed by atoms with van der Waals surface area (Å²) in [6, 6.07) is 8.78. The standard InChI is InChI=1S/C26H34N4O7/c1-18-13-29(24(34)27-23(18)33)15-21(31)28(16-22(32)36-17-19-9-6-5-7-10-19)14-20-11-8-12-30(20)25(35)37-26(2,3)4/h5-7,9-10,13,20H,8,11-12,14-17H2,1-4H3,(H,27,33,34)/t20-/m0/s1. The summed E-state index contributed by atoms with van der Waals surface area (Å²) in [5.41, 5.74) is -0.866. The molecule has 2 heterocycles. The third kappa shape index (κ3) is 8.06. The molecule has 11 nitrogen and oxygen atoms in total. The van der Waals surface area contributed by atoms with Gasteiger partial charge in [0.25, 0.3) is 5.56 Å². The zero-order chi connectivity index (χ0) is 27.2. The van der Waals surface area contributed by atoms with E-state index < -0.39 is 34.8 Å². The van der Waals surface area contributed by atoms with E-state index in [0.717, 1.165) is 16.6 Å². The van der Waals surface area contributed by atoms with Gasteiger partial charge in [0, 0.05) is 24.8 Å². The van der Waals surface area contributed by atoms with Crippen molar-refractivity contribution in [2.75, 3.05) is 19.6 Å². The van der Waals surface area contributed by atoms with Gasteiger partial charge in [-0.15, -0.1) is 0 Å². The van der Waals surface area contributed by atoms with E-state index in [1.54, 1.807) is 25.7 Å². The van der Waals surface area contributed by atoms with E-state index in [1.807, 2.05) is 30.3 Å². The number of carbonyl (C=O) groups excluding carboxylic acids is 3. The van der Waals surface area contributed by atoms with Crippen molar-refractivity contribution in [3.63, 3.8) is 0 Å². The summed E-state index contributed by atoms with van der Waals surface area (Å²) in [5.74, 6) is -1.15. The van der Waals surface area contributed by atoms with Crippen LogP contribution in [-0.4, -0.2) is 68.6 Å². The molecule has 37 heavy (non-hydrogen) atoms. The maximum Gasteiger partial charge on any atom is 0.410 e. The van der Waals surface area contributed by atoms with Gasteiger partial charge < -0.3 is 19.3 Å². The van der Waals surface area contributed by atoms with E-state index in [4.69, 9.17) is 9.47 Å². The molecule has 1 fully saturated rings. The van der Waals surface area contributed by atoms with Crippen LogP contribution in [0.2, 0.25) is 0 Å². The molecule has 200 valence electrons. The molecule has 1 N–H and O–H groups in total. The smallest absolute Gasteiger partial charge is 0.410 e. The van der Waals surface area contributed by atoms with Crippen LogP contribution in [0.5, 0.6) is 0 Å². The number of nitrogens with zero attached hydrogens (tertiary/aromatic N) is 3. The van der Waals surface area contributed by atoms with Crippen molar-refractivity contribution in [1.82, 2.24) is 19.4 Å². The second-order valence-electron chi connectivity index (χ2n) is 10.1. The molecule has 0 bridgehead atoms. The normalized spacial score (nSPS) is 15.4. The molecular weight excluding hydrogens is 480 g/mol. The van der Waals surface area contributed by atoms with Crippen LogP contribution < -0.4 is 11.2 Å². The van der Waals surface area contributed by atoms with E-state index in [2.05, 4.69) is 4.98 Å². The summed E-state index contributed by atoms with van der Waals surface area (Å²) in [6.07, 6.45) is 2.16. The second kappa shape index (κ2) is 11.9. The van der Waals surface area contributed by atoms with Crippen molar-refractivity contribution in [3.05, 3.63) is 68.5 Å². The van der Waals surface area contributed by atoms with E-state index >= 15 is 0 Å². The number of carbonyl (C=O) groups is 3. The lowest BCUT2D eigenvalue weighted by Crippen LogP contribution is -2.49. The Morgan fingerprint density at radius 1 is 1.14 bits per heavy atom. The van der Waals surface area contributed by atoms with Crippen molar-refractivity contribution in [1.29, 1.82) is 0 Å². The monoisotopic (exact) mass is 514 g/mol. The lowest BCUT2D eigenvalue weighted by atomic mass is 10.2. The molecule has 1 saturated heterocycles. The first kappa shape index (κ1) is 27.7. The van der Waals surface area contributed by atoms with Crippen molar-refractivity contribution in [2.24, 2.45) is 0 Å². The fraction of sp³-hybridized carbons (Fsp3) is 0.500. The molecular formula is C26H34N4O7. The van der Waals surface area contributed by atoms with Gasteiger partial charge in [0.1, 0.15) is 25.3 Å². The summed E-state index contributed by atoms with van der Waals surface area (Å²) in [4.78, 5) is 67.7. The summed E-state index contributed by atoms with van der Waals surface area (Å²) in [5, 5.41) is 0. The average Bonchev–Trinajstić information content (AvgIpc) is 3.29. The van der Waals surface area contributed by atoms with E-state index in [0.29, 0.717) is 13.0 Å². The lowest BCUT2D eigenvalue weighted by Gasteiger charge is -2.32. The molecule has 1 aromatic heterocycles. The highest BCUT2D eigenvalue weighted by atomic mass is 16.6. The second-order valence-corrected chi connectivity index (χ2v) is 10.1. The van der Waals surface area contributed by atoms with Crippen molar-refractivity contribution in [2.45, 2.75) is 65.3 Å². The number of ether oxygens (including phenoxy) is 2. The van der Waals surface area contributed by atoms with Crippen LogP contribution in [0.25, 0.3) is 0 Å². The molecule has 1 aromatic carbocycles. The number of aromatic nitrogens is 2. The lowest BCUT2D eigenvalue weighted by molar-refractivity contribution is -0.151. The minimum absolute atomic E-state index is 0.0493. The van der Waals surface area contributed by atoms with Gasteiger partial charge in [-0.1, -0.05) is 30.3 Å². The molecule has 0 radical (unpaired) electrons. The topological polar surface area (TPSA) is 131 Å². The Hall–Kier alpha value is -3.89. The van der Waals surface area contributed by atoms with Crippen LogP contribution in [0.1, 0.15) is 44.7 Å². The Morgan fingerprint density at radius 2 is 1.84 bits per heavy atom. The molecule has 1 aliphatic rings. The Morgan fingerprint density at radius 3 is 2.51 bits per heavy atom. The Kier molecular flexibility index (Phi) is 8.90. The van der Waals surface area contributed by atoms with Gasteiger partial charge in [-0.3, -0.25) is 23.9 Å². The molecule has 0 unspecified atom stereocenters. The number of aromatic amines is 1. The molecule has 0 saturated carbocycles. The number of amides is 2. The first-order valence-electron chi connectivity index (χ1n) is 12.2. The Balaban J connectivity index is 1.76. The van der Waals surface area contributed by atoms with Crippen LogP contribution in [0.3, 0.4) is 0 Å². The number of benzene rings is 1. The van der Waals surface area contributed by atoms with Crippen LogP contribution in [0.15, 0.2) is 46.1 Å². The third-order valence-electron chi connectivity index (χ3n) is 5.85. The van der Waals surface area contributed by atoms with Crippen molar-refractivity contribution < 1.29 is 23.9 Å². The average molecular weight is 515 g/mol. The largest absolute Gasteiger partial charge is 0.459 e. The van der Waals surface area contributed by atoms with E-state index in [-0.39, 0.29) is 37.8 Å². The molecule has 0 aliphatic carbocycles. The SMILES string of the molecule is Cc1cn(CC(=O)N(CC(=O)OCc2ccccc2)C[C@@H]2CCCN2C(=O)OC(C)(C)C)c(=O)[nH]c1=O. The van der Waals surface area contributed by atoms with Gasteiger partial charge in [0.2, 0.25) is 5.91 Å². The zero-order valence-electron chi connectivity index (χ0n) is 21.7. The molecule has 3 rings (SSSR count). The summed E-state index contributed by atoms with van der Waals surface area (Å²) in [7, 11) is 0. The number of esters is 1. The van der Waals surface area contributed by atoms with E-state index in [1.165, 1.54) is 18.0 Å². The number of H-pyrrole nitrogens is 1. The van der Waals surface area contributed by atoms with Gasteiger partial charge in [-0.2, -0.15) is 0 Å². The minimum Gasteiger partial charge on any atom is -0.459 e. The van der Waals surface area contributed by atoms with Gasteiger partial charge in [0.05, 0.1) is 6.04 Å². The fourth-order valence-electron chi connectivity index (χ4n) is 4.02. The van der Waals surface area contributed by atoms with Crippen molar-refractivity contribution in [3.8, 4) is 0 Å². The maximum atomic E-state index is 13.3. The van der Waals surface area contributed by atoms with Crippen LogP contribution >= 0.6 is 0 Å². The minimum atomic E-state index is -0.730. The molecule has 1 aliphatic heterocycles. The highest BCUT2D eigenvalue weighted by molar-refractivity contribution is 5.82. The van der Waals surface area contributed by atoms with Gasteiger partial charge in [-0.25, -0.2) is 9.59 Å². The zero-order valence-corrected chi connectivity index (χ0v) is 21.7. The van der Waals surface area contributed by atoms with Gasteiger partial charge >= 0.3 is 17.8 Å². The Bertz CT molecular complexity index is 1230. The first-order chi connectivity index (χ1) is 17.4. The maximum absolute atomic E-state index is 13.3. The first-order valence-corrected chi connectivity index (χ1v) is 12.2. The molecule has 11 heteroatoms. The van der Waals surface area contributed by atoms with Crippen molar-refractivity contribution >= 4 is 18.0 Å². The molecule has 1 atom stereocenters. The third-order valence-corrected chi connectivity index (χ3v) is 5.85. The van der Waals surface area contributed by atoms with Crippen LogP contribution in [0.4, 0.5) is 4.79 Å². The molecule has 0 spiro atoms. The number of aryl methyl sites for hydroxylation is 1. The molecule has 2 aromatic rings. The van der Waals surface area contributed by atoms with E-state index in [9.17, 15) is 24.0 Å². The molecule has 2 amide bonds. The number of hydrogen-bond acceptors (Lipinski definition) is 7. The highest BCUT2D eigenvalue weighted by Gasteiger charge is 2.35. The summed E-state index contributed by atoms with van der Waals surface area (Å²) >= 11 is 0. The summed E-state index contributed by atoms with van der Waals surface area (Å²) in [6.45, 7) is 6.69.